The summed E-state index contributed by atoms with van der Waals surface area (Å²) in [5.74, 6) is -1.04. The standard InChI is InChI=1S/3C17H24ClN6O6P/c3*1-8(2)28-15(25)9(3)23-31(26)27-5-10-12(30-31)17(4,18)16(29-10)24-7-22-11-13(19)20-6-21-14(11)24/h3*6-10,12,16H,5H2,1-4H3,(H,23,26)(H2,19,20,21)/t9-,10+,12+,16+,17+,31+;9-,10-,12-,16-,17-,31+;9-,10-,12-,16-,17-,31-/m011/s1. The number of ether oxygens (including phenoxy) is 6. The highest BCUT2D eigenvalue weighted by Gasteiger charge is 2.63. The molecule has 12 heterocycles. The zero-order valence-electron chi connectivity index (χ0n) is 52.2. The van der Waals surface area contributed by atoms with Crippen LogP contribution in [0.5, 0.6) is 0 Å². The molecule has 12 rings (SSSR count). The average Bonchev–Trinajstić information content (AvgIpc) is 1.60. The van der Waals surface area contributed by atoms with Crippen molar-refractivity contribution in [3.05, 3.63) is 38.0 Å². The van der Waals surface area contributed by atoms with E-state index in [-0.39, 0.29) is 55.6 Å². The van der Waals surface area contributed by atoms with Crippen molar-refractivity contribution >= 4 is 127 Å². The molecule has 510 valence electrons. The number of alkyl halides is 3. The van der Waals surface area contributed by atoms with E-state index in [1.807, 2.05) is 0 Å². The van der Waals surface area contributed by atoms with Gasteiger partial charge in [-0.3, -0.25) is 55.2 Å². The number of nitrogen functional groups attached to an aromatic ring is 3. The second kappa shape index (κ2) is 26.9. The third-order valence-corrected chi connectivity index (χ3v) is 21.4. The summed E-state index contributed by atoms with van der Waals surface area (Å²) >= 11 is 20.6. The lowest BCUT2D eigenvalue weighted by atomic mass is 10.0. The second-order valence-corrected chi connectivity index (χ2v) is 31.4. The van der Waals surface area contributed by atoms with Gasteiger partial charge in [0.05, 0.1) is 57.1 Å². The Morgan fingerprint density at radius 1 is 0.473 bits per heavy atom. The third kappa shape index (κ3) is 14.4. The molecular weight excluding hydrogens is 1350 g/mol. The van der Waals surface area contributed by atoms with Gasteiger partial charge in [-0.05, 0) is 83.1 Å². The van der Waals surface area contributed by atoms with E-state index in [2.05, 4.69) is 60.1 Å². The number of anilines is 3. The van der Waals surface area contributed by atoms with Crippen molar-refractivity contribution in [2.75, 3.05) is 37.0 Å². The van der Waals surface area contributed by atoms with Crippen LogP contribution in [0.4, 0.5) is 17.5 Å². The summed E-state index contributed by atoms with van der Waals surface area (Å²) in [7, 11) is -11.6. The van der Waals surface area contributed by atoms with Crippen LogP contribution in [0.25, 0.3) is 33.5 Å². The number of imidazole rings is 3. The fourth-order valence-electron chi connectivity index (χ4n) is 10.8. The maximum atomic E-state index is 13.2. The van der Waals surface area contributed by atoms with Crippen LogP contribution in [0, 0.1) is 0 Å². The number of nitrogens with one attached hydrogen (secondary N) is 3. The lowest BCUT2D eigenvalue weighted by Crippen LogP contribution is -2.47. The fraction of sp³-hybridized carbons (Fsp3) is 0.647. The second-order valence-electron chi connectivity index (χ2n) is 23.8. The molecule has 6 aromatic rings. The maximum absolute atomic E-state index is 13.2. The zero-order valence-corrected chi connectivity index (χ0v) is 57.1. The lowest BCUT2D eigenvalue weighted by molar-refractivity contribution is -0.150. The number of hydrogen-bond acceptors (Lipinski definition) is 30. The molecule has 36 nitrogen and oxygen atoms in total. The molecule has 6 aliphatic heterocycles. The minimum Gasteiger partial charge on any atom is -0.462 e. The van der Waals surface area contributed by atoms with Crippen LogP contribution in [-0.4, -0.2) is 184 Å². The number of rotatable bonds is 15. The molecular formula is C51H72Cl3N18O18P3. The molecule has 0 spiro atoms. The number of carbonyl (C=O) groups is 3. The van der Waals surface area contributed by atoms with Crippen LogP contribution >= 0.6 is 58.0 Å². The van der Waals surface area contributed by atoms with E-state index in [1.165, 1.54) is 58.7 Å². The molecule has 0 unspecified atom stereocenters. The molecule has 6 saturated heterocycles. The van der Waals surface area contributed by atoms with Gasteiger partial charge in [0.25, 0.3) is 0 Å². The predicted octanol–water partition coefficient (Wildman–Crippen LogP) is 5.27. The molecule has 6 aliphatic rings. The van der Waals surface area contributed by atoms with E-state index in [0.29, 0.717) is 33.5 Å². The molecule has 93 heavy (non-hydrogen) atoms. The van der Waals surface area contributed by atoms with Crippen LogP contribution < -0.4 is 32.5 Å². The maximum Gasteiger partial charge on any atom is 0.406 e. The summed E-state index contributed by atoms with van der Waals surface area (Å²) in [5, 5.41) is 7.81. The molecule has 6 fully saturated rings. The Kier molecular flexibility index (Phi) is 20.3. The van der Waals surface area contributed by atoms with Crippen LogP contribution in [0.2, 0.25) is 0 Å². The van der Waals surface area contributed by atoms with Crippen molar-refractivity contribution in [2.24, 2.45) is 0 Å². The molecule has 9 N–H and O–H groups in total. The SMILES string of the molecule is CC(C)OC(=O)[C@@H](C)N[P@@]1(=O)OC[C@H]2O[C@@H](n3cnc4c(N)ncnc43)[C@](C)(Cl)[C@@H]2O1.CC(C)OC(=O)[C@@H](C)N[P@]1(=O)OC[C@H]2O[C@@H](n3cnc4c(N)ncnc43)[C@](C)(Cl)[C@@H]2O1.CC(C)OC(=O)[C@H](C)N[P@@]1(=O)OC[C@H]2O[C@@H](n3cnc4c(N)ncnc43)[C@](C)(Cl)[C@@H]2O1. The van der Waals surface area contributed by atoms with Crippen molar-refractivity contribution in [1.82, 2.24) is 73.8 Å². The lowest BCUT2D eigenvalue weighted by Gasteiger charge is -2.36. The third-order valence-electron chi connectivity index (χ3n) is 15.1. The Bertz CT molecular complexity index is 3530. The van der Waals surface area contributed by atoms with Gasteiger partial charge in [-0.2, -0.15) is 0 Å². The number of hydrogen-bond donors (Lipinski definition) is 6. The summed E-state index contributed by atoms with van der Waals surface area (Å²) in [4.78, 5) is 69.9. The summed E-state index contributed by atoms with van der Waals surface area (Å²) in [6.45, 7) is 19.8. The number of aromatic nitrogens is 12. The van der Waals surface area contributed by atoms with E-state index in [4.69, 9.17) is 108 Å². The smallest absolute Gasteiger partial charge is 0.406 e. The van der Waals surface area contributed by atoms with Crippen LogP contribution in [0.15, 0.2) is 38.0 Å². The zero-order chi connectivity index (χ0) is 67.7. The van der Waals surface area contributed by atoms with Crippen LogP contribution in [0.1, 0.15) is 102 Å². The monoisotopic (exact) mass is 1420 g/mol. The highest BCUT2D eigenvalue weighted by Crippen LogP contribution is 2.61. The number of carbonyl (C=O) groups excluding carboxylic acids is 3. The number of nitrogens with two attached hydrogens (primary N) is 3. The molecule has 0 amide bonds. The molecule has 6 aromatic heterocycles. The number of esters is 3. The fourth-order valence-corrected chi connectivity index (χ4v) is 17.3. The summed E-state index contributed by atoms with van der Waals surface area (Å²) in [5.41, 5.74) is 20.1. The average molecular weight is 1420 g/mol. The Morgan fingerprint density at radius 2 is 0.720 bits per heavy atom. The van der Waals surface area contributed by atoms with E-state index < -0.39 is 129 Å². The van der Waals surface area contributed by atoms with Crippen molar-refractivity contribution in [1.29, 1.82) is 0 Å². The minimum atomic E-state index is -3.86. The molecule has 0 aliphatic carbocycles. The molecule has 42 heteroatoms. The molecule has 18 atom stereocenters. The Morgan fingerprint density at radius 3 is 0.957 bits per heavy atom. The van der Waals surface area contributed by atoms with Gasteiger partial charge in [-0.15, -0.1) is 34.8 Å². The van der Waals surface area contributed by atoms with Gasteiger partial charge in [-0.25, -0.2) is 73.8 Å². The Balaban J connectivity index is 0.000000153. The van der Waals surface area contributed by atoms with Gasteiger partial charge < -0.3 is 45.6 Å². The highest BCUT2D eigenvalue weighted by molar-refractivity contribution is 7.52. The summed E-state index contributed by atoms with van der Waals surface area (Å²) in [6, 6.07) is -2.75. The van der Waals surface area contributed by atoms with Crippen molar-refractivity contribution < 1.29 is 83.6 Å². The van der Waals surface area contributed by atoms with Crippen LogP contribution in [-0.2, 0) is 83.6 Å². The predicted molar refractivity (Wildman–Crippen MR) is 330 cm³/mol. The number of nitrogens with zero attached hydrogens (tertiary/aromatic N) is 12. The summed E-state index contributed by atoms with van der Waals surface area (Å²) in [6.07, 6.45) is 0.992. The first-order valence-corrected chi connectivity index (χ1v) is 34.9. The highest BCUT2D eigenvalue weighted by atomic mass is 35.5. The number of halogens is 3. The van der Waals surface area contributed by atoms with Gasteiger partial charge >= 0.3 is 41.1 Å². The van der Waals surface area contributed by atoms with Crippen LogP contribution in [0.3, 0.4) is 0 Å². The van der Waals surface area contributed by atoms with Gasteiger partial charge in [0.1, 0.15) is 105 Å². The molecule has 0 bridgehead atoms. The minimum absolute atomic E-state index is 0.0521. The van der Waals surface area contributed by atoms with E-state index in [9.17, 15) is 28.1 Å². The quantitative estimate of drug-likeness (QED) is 0.0330. The molecule has 0 saturated carbocycles. The van der Waals surface area contributed by atoms with Crippen molar-refractivity contribution in [2.45, 2.75) is 189 Å². The molecule has 0 radical (unpaired) electrons. The largest absolute Gasteiger partial charge is 0.462 e. The van der Waals surface area contributed by atoms with E-state index in [0.717, 1.165) is 0 Å². The van der Waals surface area contributed by atoms with Gasteiger partial charge in [0, 0.05) is 0 Å². The number of fused-ring (bicyclic) bond motifs is 6. The molecule has 0 aromatic carbocycles. The van der Waals surface area contributed by atoms with Gasteiger partial charge in [-0.1, -0.05) is 0 Å². The van der Waals surface area contributed by atoms with E-state index >= 15 is 0 Å². The topological polar surface area (TPSA) is 458 Å². The Hall–Kier alpha value is -5.46. The van der Waals surface area contributed by atoms with Gasteiger partial charge in [0.2, 0.25) is 0 Å². The van der Waals surface area contributed by atoms with Crippen molar-refractivity contribution in [3.8, 4) is 0 Å². The Labute approximate surface area is 546 Å². The van der Waals surface area contributed by atoms with Gasteiger partial charge in [0.15, 0.2) is 53.1 Å². The van der Waals surface area contributed by atoms with Crippen molar-refractivity contribution in [3.63, 3.8) is 0 Å². The summed E-state index contributed by atoms with van der Waals surface area (Å²) < 4.78 is 112. The first-order valence-electron chi connectivity index (χ1n) is 29.1. The normalized spacial score (nSPS) is 34.1. The first-order chi connectivity index (χ1) is 43.5. The first kappa shape index (κ1) is 70.3. The van der Waals surface area contributed by atoms with E-state index in [1.54, 1.807) is 76.0 Å².